The van der Waals surface area contributed by atoms with E-state index in [2.05, 4.69) is 45.3 Å². The predicted octanol–water partition coefficient (Wildman–Crippen LogP) is 3.39. The lowest BCUT2D eigenvalue weighted by Crippen LogP contribution is -2.43. The molecule has 0 radical (unpaired) electrons. The van der Waals surface area contributed by atoms with Gasteiger partial charge in [0.25, 0.3) is 0 Å². The molecule has 0 bridgehead atoms. The third kappa shape index (κ3) is 5.17. The highest BCUT2D eigenvalue weighted by molar-refractivity contribution is 5.17. The molecule has 0 saturated carbocycles. The molecule has 0 aromatic rings. The maximum Gasteiger partial charge on any atom is 0.0881 e. The topological polar surface area (TPSA) is 0 Å². The summed E-state index contributed by atoms with van der Waals surface area (Å²) in [5.74, 6) is 0.672. The van der Waals surface area contributed by atoms with Gasteiger partial charge >= 0.3 is 0 Å². The highest BCUT2D eigenvalue weighted by Crippen LogP contribution is 2.15. The molecular weight excluding hydrogens is 182 g/mol. The lowest BCUT2D eigenvalue weighted by Gasteiger charge is -2.31. The Morgan fingerprint density at radius 3 is 2.27 bits per heavy atom. The molecule has 1 heteroatoms. The van der Waals surface area contributed by atoms with Crippen molar-refractivity contribution in [1.82, 2.24) is 0 Å². The van der Waals surface area contributed by atoms with E-state index in [0.717, 1.165) is 4.48 Å². The summed E-state index contributed by atoms with van der Waals surface area (Å²) in [4.78, 5) is 0. The zero-order chi connectivity index (χ0) is 11.1. The van der Waals surface area contributed by atoms with Gasteiger partial charge in [-0.15, -0.1) is 0 Å². The Morgan fingerprint density at radius 2 is 1.67 bits per heavy atom. The average Bonchev–Trinajstić information content (AvgIpc) is 2.64. The quantitative estimate of drug-likeness (QED) is 0.444. The molecule has 1 nitrogen and oxygen atoms in total. The molecule has 0 aromatic carbocycles. The first kappa shape index (κ1) is 12.5. The summed E-state index contributed by atoms with van der Waals surface area (Å²) in [6, 6.07) is 0. The molecular formula is C14H26N+. The van der Waals surface area contributed by atoms with Crippen LogP contribution < -0.4 is 0 Å². The van der Waals surface area contributed by atoms with Crippen molar-refractivity contribution in [1.29, 1.82) is 0 Å². The van der Waals surface area contributed by atoms with Crippen molar-refractivity contribution in [2.24, 2.45) is 5.92 Å². The van der Waals surface area contributed by atoms with Crippen LogP contribution in [0.3, 0.4) is 0 Å². The van der Waals surface area contributed by atoms with Crippen LogP contribution in [0.4, 0.5) is 0 Å². The first-order valence-corrected chi connectivity index (χ1v) is 6.31. The maximum absolute atomic E-state index is 2.35. The minimum absolute atomic E-state index is 0.672. The zero-order valence-corrected chi connectivity index (χ0v) is 10.6. The molecule has 0 heterocycles. The molecule has 1 aliphatic rings. The van der Waals surface area contributed by atoms with E-state index in [1.165, 1.54) is 38.8 Å². The third-order valence-corrected chi connectivity index (χ3v) is 3.15. The van der Waals surface area contributed by atoms with Crippen LogP contribution in [-0.4, -0.2) is 31.7 Å². The molecule has 0 saturated heterocycles. The molecule has 0 N–H and O–H groups in total. The molecule has 0 fully saturated rings. The Hall–Kier alpha value is -0.560. The minimum Gasteiger partial charge on any atom is -0.328 e. The van der Waals surface area contributed by atoms with E-state index in [9.17, 15) is 0 Å². The van der Waals surface area contributed by atoms with Gasteiger partial charge in [-0.1, -0.05) is 44.1 Å². The molecule has 0 spiro atoms. The van der Waals surface area contributed by atoms with E-state index in [1.54, 1.807) is 0 Å². The lowest BCUT2D eigenvalue weighted by molar-refractivity contribution is -0.892. The van der Waals surface area contributed by atoms with Crippen LogP contribution in [0.15, 0.2) is 24.3 Å². The predicted molar refractivity (Wildman–Crippen MR) is 67.8 cm³/mol. The zero-order valence-electron chi connectivity index (χ0n) is 10.6. The Kier molecular flexibility index (Phi) is 5.10. The maximum atomic E-state index is 2.35. The van der Waals surface area contributed by atoms with Gasteiger partial charge in [-0.05, 0) is 12.8 Å². The van der Waals surface area contributed by atoms with Crippen LogP contribution in [0, 0.1) is 5.92 Å². The monoisotopic (exact) mass is 208 g/mol. The molecule has 15 heavy (non-hydrogen) atoms. The van der Waals surface area contributed by atoms with Crippen molar-refractivity contribution in [3.63, 3.8) is 0 Å². The van der Waals surface area contributed by atoms with Gasteiger partial charge in [0.05, 0.1) is 27.2 Å². The number of hydrogen-bond donors (Lipinski definition) is 0. The molecule has 1 aliphatic carbocycles. The van der Waals surface area contributed by atoms with Crippen molar-refractivity contribution >= 4 is 0 Å². The van der Waals surface area contributed by atoms with Crippen LogP contribution in [0.5, 0.6) is 0 Å². The minimum atomic E-state index is 0.672. The summed E-state index contributed by atoms with van der Waals surface area (Å²) in [6.45, 7) is 4.84. The number of unbranched alkanes of at least 4 members (excludes halogenated alkanes) is 3. The Labute approximate surface area is 95.1 Å². The van der Waals surface area contributed by atoms with E-state index in [-0.39, 0.29) is 0 Å². The van der Waals surface area contributed by atoms with Crippen LogP contribution in [-0.2, 0) is 0 Å². The first-order chi connectivity index (χ1) is 7.14. The number of allylic oxidation sites excluding steroid dienone is 2. The second-order valence-corrected chi connectivity index (χ2v) is 5.34. The van der Waals surface area contributed by atoms with Crippen molar-refractivity contribution in [2.45, 2.75) is 32.6 Å². The molecule has 0 aliphatic heterocycles. The summed E-state index contributed by atoms with van der Waals surface area (Å²) in [5.41, 5.74) is 0. The van der Waals surface area contributed by atoms with Crippen LogP contribution in [0.1, 0.15) is 32.6 Å². The van der Waals surface area contributed by atoms with E-state index in [1.807, 2.05) is 0 Å². The fraction of sp³-hybridized carbons (Fsp3) is 0.714. The molecule has 86 valence electrons. The van der Waals surface area contributed by atoms with Gasteiger partial charge in [0.1, 0.15) is 0 Å². The summed E-state index contributed by atoms with van der Waals surface area (Å²) in [7, 11) is 4.71. The Bertz CT molecular complexity index is 213. The Balaban J connectivity index is 2.19. The van der Waals surface area contributed by atoms with Gasteiger partial charge in [0.2, 0.25) is 0 Å². The largest absolute Gasteiger partial charge is 0.328 e. The highest BCUT2D eigenvalue weighted by Gasteiger charge is 2.19. The van der Waals surface area contributed by atoms with E-state index in [4.69, 9.17) is 0 Å². The lowest BCUT2D eigenvalue weighted by atomic mass is 10.1. The van der Waals surface area contributed by atoms with Gasteiger partial charge in [-0.25, -0.2) is 0 Å². The molecule has 0 amide bonds. The number of rotatable bonds is 7. The highest BCUT2D eigenvalue weighted by atomic mass is 15.3. The molecule has 0 unspecified atom stereocenters. The van der Waals surface area contributed by atoms with Gasteiger partial charge in [0.15, 0.2) is 0 Å². The van der Waals surface area contributed by atoms with Crippen molar-refractivity contribution in [3.05, 3.63) is 24.3 Å². The van der Waals surface area contributed by atoms with Gasteiger partial charge in [-0.2, -0.15) is 0 Å². The summed E-state index contributed by atoms with van der Waals surface area (Å²) >= 11 is 0. The van der Waals surface area contributed by atoms with E-state index >= 15 is 0 Å². The van der Waals surface area contributed by atoms with E-state index in [0.29, 0.717) is 5.92 Å². The average molecular weight is 208 g/mol. The fourth-order valence-electron chi connectivity index (χ4n) is 2.23. The molecule has 0 aromatic heterocycles. The summed E-state index contributed by atoms with van der Waals surface area (Å²) < 4.78 is 1.16. The molecule has 1 rings (SSSR count). The summed E-state index contributed by atoms with van der Waals surface area (Å²) in [5, 5.41) is 0. The van der Waals surface area contributed by atoms with Gasteiger partial charge in [0, 0.05) is 5.92 Å². The van der Waals surface area contributed by atoms with Crippen LogP contribution in [0.2, 0.25) is 0 Å². The van der Waals surface area contributed by atoms with Crippen LogP contribution >= 0.6 is 0 Å². The van der Waals surface area contributed by atoms with E-state index < -0.39 is 0 Å². The van der Waals surface area contributed by atoms with Crippen molar-refractivity contribution in [3.8, 4) is 0 Å². The third-order valence-electron chi connectivity index (χ3n) is 3.15. The second-order valence-electron chi connectivity index (χ2n) is 5.34. The van der Waals surface area contributed by atoms with Gasteiger partial charge in [-0.3, -0.25) is 0 Å². The number of quaternary nitrogens is 1. The Morgan fingerprint density at radius 1 is 1.00 bits per heavy atom. The standard InChI is InChI=1S/C14H26N/c1-4-5-6-9-12-15(2,3)13-14-10-7-8-11-14/h7-8,10-11,14H,4-6,9,12-13H2,1-3H3/q+1. The van der Waals surface area contributed by atoms with Crippen molar-refractivity contribution in [2.75, 3.05) is 27.2 Å². The fourth-order valence-corrected chi connectivity index (χ4v) is 2.23. The normalized spacial score (nSPS) is 16.5. The summed E-state index contributed by atoms with van der Waals surface area (Å²) in [6.07, 6.45) is 14.5. The first-order valence-electron chi connectivity index (χ1n) is 6.31. The smallest absolute Gasteiger partial charge is 0.0881 e. The van der Waals surface area contributed by atoms with Crippen molar-refractivity contribution < 1.29 is 4.48 Å². The second kappa shape index (κ2) is 6.12. The van der Waals surface area contributed by atoms with Crippen LogP contribution in [0.25, 0.3) is 0 Å². The SMILES string of the molecule is CCCCCC[N+](C)(C)CC1C=CC=C1. The number of nitrogens with zero attached hydrogens (tertiary/aromatic N) is 1. The molecule has 0 atom stereocenters. The van der Waals surface area contributed by atoms with Gasteiger partial charge < -0.3 is 4.48 Å². The number of hydrogen-bond acceptors (Lipinski definition) is 0.